The monoisotopic (exact) mass is 916 g/mol. The number of imidazole rings is 2. The van der Waals surface area contributed by atoms with E-state index in [0.717, 1.165) is 99.9 Å². The van der Waals surface area contributed by atoms with Crippen LogP contribution in [-0.4, -0.2) is 104 Å². The van der Waals surface area contributed by atoms with Gasteiger partial charge in [-0.15, -0.1) is 0 Å². The molecule has 4 aliphatic heterocycles. The van der Waals surface area contributed by atoms with Crippen LogP contribution in [0.2, 0.25) is 0 Å². The topological polar surface area (TPSA) is 193 Å². The van der Waals surface area contributed by atoms with Gasteiger partial charge in [-0.1, -0.05) is 38.5 Å². The van der Waals surface area contributed by atoms with Crippen LogP contribution in [0.15, 0.2) is 48.7 Å². The number of carbonyl (C=O) groups excluding carboxylic acids is 4. The maximum absolute atomic E-state index is 14.6. The fourth-order valence-electron chi connectivity index (χ4n) is 11.2. The van der Waals surface area contributed by atoms with E-state index in [-0.39, 0.29) is 60.0 Å². The highest BCUT2D eigenvalue weighted by Crippen LogP contribution is 2.44. The van der Waals surface area contributed by atoms with Crippen molar-refractivity contribution < 1.29 is 38.1 Å². The number of nitrogens with zero attached hydrogens (tertiary/aromatic N) is 4. The molecule has 9 rings (SSSR count). The number of benzene rings is 3. The van der Waals surface area contributed by atoms with E-state index >= 15 is 0 Å². The van der Waals surface area contributed by atoms with Crippen LogP contribution in [0.4, 0.5) is 9.59 Å². The largest absolute Gasteiger partial charge is 0.488 e. The summed E-state index contributed by atoms with van der Waals surface area (Å²) < 4.78 is 22.4. The smallest absolute Gasteiger partial charge is 0.407 e. The van der Waals surface area contributed by atoms with Gasteiger partial charge in [0.2, 0.25) is 11.8 Å². The Labute approximate surface area is 391 Å². The molecule has 2 aromatic heterocycles. The van der Waals surface area contributed by atoms with Crippen molar-refractivity contribution in [1.82, 2.24) is 40.4 Å². The molecule has 16 heteroatoms. The molecule has 0 saturated carbocycles. The summed E-state index contributed by atoms with van der Waals surface area (Å²) in [6, 6.07) is 12.6. The lowest BCUT2D eigenvalue weighted by Gasteiger charge is -2.42. The average Bonchev–Trinajstić information content (AvgIpc) is 4.09. The lowest BCUT2D eigenvalue weighted by molar-refractivity contribution is -0.142. The molecule has 4 aliphatic rings. The number of hydrogen-bond acceptors (Lipinski definition) is 10. The van der Waals surface area contributed by atoms with Gasteiger partial charge in [-0.25, -0.2) is 19.6 Å². The van der Waals surface area contributed by atoms with Crippen molar-refractivity contribution in [3.05, 3.63) is 65.9 Å². The first-order valence-corrected chi connectivity index (χ1v) is 24.0. The molecule has 6 heterocycles. The van der Waals surface area contributed by atoms with Crippen molar-refractivity contribution in [2.24, 2.45) is 11.8 Å². The molecule has 5 aromatic rings. The van der Waals surface area contributed by atoms with Gasteiger partial charge < -0.3 is 49.3 Å². The van der Waals surface area contributed by atoms with E-state index in [9.17, 15) is 19.2 Å². The van der Waals surface area contributed by atoms with Gasteiger partial charge in [-0.2, -0.15) is 0 Å². The molecule has 0 bridgehead atoms. The molecule has 3 aromatic carbocycles. The molecule has 67 heavy (non-hydrogen) atoms. The van der Waals surface area contributed by atoms with Crippen molar-refractivity contribution in [2.75, 3.05) is 14.2 Å². The summed E-state index contributed by atoms with van der Waals surface area (Å²) in [6.07, 6.45) is 6.66. The van der Waals surface area contributed by atoms with Gasteiger partial charge in [0.05, 0.1) is 61.4 Å². The zero-order chi connectivity index (χ0) is 47.3. The molecule has 356 valence electrons. The van der Waals surface area contributed by atoms with E-state index in [4.69, 9.17) is 28.9 Å². The molecular weight excluding hydrogens is 853 g/mol. The zero-order valence-corrected chi connectivity index (χ0v) is 39.8. The number of H-pyrrole nitrogens is 2. The summed E-state index contributed by atoms with van der Waals surface area (Å²) in [5.41, 5.74) is 6.60. The lowest BCUT2D eigenvalue weighted by Crippen LogP contribution is -2.56. The van der Waals surface area contributed by atoms with Crippen LogP contribution in [0.3, 0.4) is 0 Å². The molecule has 3 fully saturated rings. The second-order valence-corrected chi connectivity index (χ2v) is 19.3. The first kappa shape index (κ1) is 46.0. The summed E-state index contributed by atoms with van der Waals surface area (Å²) in [5, 5.41) is 7.69. The van der Waals surface area contributed by atoms with Crippen LogP contribution in [0.1, 0.15) is 122 Å². The average molecular weight is 917 g/mol. The lowest BCUT2D eigenvalue weighted by atomic mass is 9.85. The number of likely N-dealkylation sites (tertiary alicyclic amines) is 2. The molecule has 0 spiro atoms. The summed E-state index contributed by atoms with van der Waals surface area (Å²) in [7, 11) is 2.63. The minimum absolute atomic E-state index is 0.0294. The molecule has 0 radical (unpaired) electrons. The highest BCUT2D eigenvalue weighted by Gasteiger charge is 2.45. The second kappa shape index (κ2) is 18.8. The van der Waals surface area contributed by atoms with Crippen LogP contribution in [0.25, 0.3) is 44.2 Å². The van der Waals surface area contributed by atoms with Crippen LogP contribution in [0.5, 0.6) is 5.75 Å². The fourth-order valence-corrected chi connectivity index (χ4v) is 11.2. The number of amides is 4. The SMILES string of the molecule is CC[C@H](C)[C@H](NC(=O)OC)C(=O)N1[C@@H](C)CCC[C@H]1c1ncc(-c2ccc3c(c2)COc2cc4c(ccc5nc([C@@H]6CC[C@H](C)N6C(=O)[C@@H](NC(=O)OC)C6C[C@@H](C)O[C@H](C)C6)[nH]c54)cc2-3)[nH]1. The minimum Gasteiger partial charge on any atom is -0.488 e. The summed E-state index contributed by atoms with van der Waals surface area (Å²) in [5.74, 6) is 1.76. The van der Waals surface area contributed by atoms with Gasteiger partial charge in [-0.05, 0) is 131 Å². The zero-order valence-electron chi connectivity index (χ0n) is 39.8. The Morgan fingerprint density at radius 1 is 0.821 bits per heavy atom. The van der Waals surface area contributed by atoms with Crippen molar-refractivity contribution in [2.45, 2.75) is 148 Å². The first-order chi connectivity index (χ1) is 32.3. The second-order valence-electron chi connectivity index (χ2n) is 19.3. The number of aromatic amines is 2. The van der Waals surface area contributed by atoms with E-state index in [1.165, 1.54) is 14.2 Å². The molecule has 4 N–H and O–H groups in total. The fraction of sp³-hybridized carbons (Fsp3) is 0.529. The van der Waals surface area contributed by atoms with Gasteiger partial charge in [0.1, 0.15) is 36.1 Å². The Morgan fingerprint density at radius 3 is 2.28 bits per heavy atom. The maximum atomic E-state index is 14.6. The Balaban J connectivity index is 0.968. The third-order valence-corrected chi connectivity index (χ3v) is 14.9. The summed E-state index contributed by atoms with van der Waals surface area (Å²) in [6.45, 7) is 12.5. The third kappa shape index (κ3) is 8.80. The highest BCUT2D eigenvalue weighted by atomic mass is 16.5. The Hall–Kier alpha value is -6.16. The number of fused-ring (bicyclic) bond motifs is 6. The third-order valence-electron chi connectivity index (χ3n) is 14.9. The number of rotatable bonds is 10. The van der Waals surface area contributed by atoms with Gasteiger partial charge in [0, 0.05) is 23.0 Å². The van der Waals surface area contributed by atoms with Gasteiger partial charge in [0.25, 0.3) is 0 Å². The minimum atomic E-state index is -0.755. The van der Waals surface area contributed by atoms with Crippen molar-refractivity contribution in [1.29, 1.82) is 0 Å². The van der Waals surface area contributed by atoms with Crippen molar-refractivity contribution in [3.63, 3.8) is 0 Å². The molecule has 0 aliphatic carbocycles. The van der Waals surface area contributed by atoms with E-state index in [1.807, 2.05) is 49.8 Å². The van der Waals surface area contributed by atoms with Gasteiger partial charge in [0.15, 0.2) is 0 Å². The van der Waals surface area contributed by atoms with Crippen LogP contribution in [0, 0.1) is 11.8 Å². The molecule has 9 atom stereocenters. The number of carbonyl (C=O) groups is 4. The molecule has 0 unspecified atom stereocenters. The highest BCUT2D eigenvalue weighted by molar-refractivity contribution is 6.07. The summed E-state index contributed by atoms with van der Waals surface area (Å²) >= 11 is 0. The van der Waals surface area contributed by atoms with Crippen LogP contribution >= 0.6 is 0 Å². The standard InChI is InChI=1S/C51H64N8O8/c1-9-26(2)43(56-50(62)64-7)48(60)58-27(3)11-10-12-40(58)46-52-24-39(54-46)32-14-16-35-34(21-32)25-66-42-23-36-31(22-37(35)42)15-17-38-45(36)55-47(53-38)41-18-13-28(4)59(41)49(61)44(57-51(63)65-8)33-19-29(5)67-30(6)20-33/h14-17,21-24,26-30,33,40-41,43-44H,9-13,18-20,25H2,1-8H3,(H,52,54)(H,53,55)(H,56,62)(H,57,63)/t26-,27-,28-,29+,30+,40-,41-,43-,44-/m0/s1. The predicted octanol–water partition coefficient (Wildman–Crippen LogP) is 8.86. The number of ether oxygens (including phenoxy) is 4. The van der Waals surface area contributed by atoms with E-state index in [1.54, 1.807) is 0 Å². The Kier molecular flexibility index (Phi) is 12.9. The quantitative estimate of drug-likeness (QED) is 0.105. The van der Waals surface area contributed by atoms with Gasteiger partial charge in [-0.3, -0.25) is 9.59 Å². The summed E-state index contributed by atoms with van der Waals surface area (Å²) in [4.78, 5) is 74.7. The number of hydrogen-bond donors (Lipinski definition) is 4. The van der Waals surface area contributed by atoms with Crippen molar-refractivity contribution in [3.8, 4) is 28.1 Å². The van der Waals surface area contributed by atoms with E-state index < -0.39 is 24.3 Å². The molecular formula is C51H64N8O8. The predicted molar refractivity (Wildman–Crippen MR) is 253 cm³/mol. The number of nitrogens with one attached hydrogen (secondary N) is 4. The number of methoxy groups -OCH3 is 2. The maximum Gasteiger partial charge on any atom is 0.407 e. The van der Waals surface area contributed by atoms with Crippen LogP contribution < -0.4 is 15.4 Å². The Morgan fingerprint density at radius 2 is 1.54 bits per heavy atom. The van der Waals surface area contributed by atoms with Crippen LogP contribution in [-0.2, 0) is 30.4 Å². The molecule has 16 nitrogen and oxygen atoms in total. The number of piperidine rings is 1. The Bertz CT molecular complexity index is 2670. The molecule has 4 amide bonds. The number of aromatic nitrogens is 4. The van der Waals surface area contributed by atoms with Gasteiger partial charge >= 0.3 is 12.2 Å². The van der Waals surface area contributed by atoms with E-state index in [2.05, 4.69) is 70.8 Å². The molecule has 3 saturated heterocycles. The normalized spacial score (nSPS) is 25.1. The van der Waals surface area contributed by atoms with E-state index in [0.29, 0.717) is 25.3 Å². The first-order valence-electron chi connectivity index (χ1n) is 24.0. The van der Waals surface area contributed by atoms with Crippen molar-refractivity contribution >= 4 is 45.8 Å². The number of alkyl carbamates (subject to hydrolysis) is 2.